The number of aliphatic carboxylic acids is 1. The first-order chi connectivity index (χ1) is 12.9. The molecule has 144 valence electrons. The Morgan fingerprint density at radius 1 is 1.11 bits per heavy atom. The summed E-state index contributed by atoms with van der Waals surface area (Å²) in [6.07, 6.45) is -0.558. The molecule has 0 saturated carbocycles. The van der Waals surface area contributed by atoms with Gasteiger partial charge in [-0.25, -0.2) is 8.42 Å². The van der Waals surface area contributed by atoms with E-state index in [0.29, 0.717) is 18.8 Å². The van der Waals surface area contributed by atoms with Gasteiger partial charge in [0.15, 0.2) is 0 Å². The van der Waals surface area contributed by atoms with Gasteiger partial charge in [0, 0.05) is 6.54 Å². The standard InChI is InChI=1S/C19H21NO6S/c21-17-7-4-12-20(18(17)19(22)23)27(24,25)16-10-8-15(9-11-16)26-13-14-5-2-1-3-6-14/h1-3,5-6,8-11,17-18,21H,4,7,12-13H2,(H,22,23)/t17-,18+/m0/s1. The first-order valence-corrected chi connectivity index (χ1v) is 10.0. The van der Waals surface area contributed by atoms with Crippen molar-refractivity contribution in [2.45, 2.75) is 36.5 Å². The number of hydrogen-bond acceptors (Lipinski definition) is 5. The SMILES string of the molecule is O=C(O)[C@H]1[C@@H](O)CCCN1S(=O)(=O)c1ccc(OCc2ccccc2)cc1. The number of aliphatic hydroxyl groups excluding tert-OH is 1. The molecule has 2 aromatic carbocycles. The maximum absolute atomic E-state index is 12.8. The lowest BCUT2D eigenvalue weighted by Gasteiger charge is -2.35. The van der Waals surface area contributed by atoms with Gasteiger partial charge < -0.3 is 14.9 Å². The Labute approximate surface area is 157 Å². The Balaban J connectivity index is 1.75. The molecule has 7 nitrogen and oxygen atoms in total. The highest BCUT2D eigenvalue weighted by atomic mass is 32.2. The van der Waals surface area contributed by atoms with Crippen LogP contribution in [0.3, 0.4) is 0 Å². The minimum Gasteiger partial charge on any atom is -0.489 e. The summed E-state index contributed by atoms with van der Waals surface area (Å²) in [7, 11) is -4.04. The number of carbonyl (C=O) groups is 1. The van der Waals surface area contributed by atoms with Gasteiger partial charge in [0.1, 0.15) is 18.4 Å². The number of benzene rings is 2. The lowest BCUT2D eigenvalue weighted by Crippen LogP contribution is -2.54. The van der Waals surface area contributed by atoms with Crippen molar-refractivity contribution >= 4 is 16.0 Å². The molecule has 3 rings (SSSR count). The third kappa shape index (κ3) is 4.29. The number of sulfonamides is 1. The fraction of sp³-hybridized carbons (Fsp3) is 0.316. The third-order valence-electron chi connectivity index (χ3n) is 4.48. The molecule has 2 aromatic rings. The van der Waals surface area contributed by atoms with Gasteiger partial charge >= 0.3 is 5.97 Å². The molecule has 0 bridgehead atoms. The zero-order chi connectivity index (χ0) is 19.4. The molecule has 2 N–H and O–H groups in total. The monoisotopic (exact) mass is 391 g/mol. The molecule has 0 aromatic heterocycles. The van der Waals surface area contributed by atoms with Crippen LogP contribution in [0.5, 0.6) is 5.75 Å². The summed E-state index contributed by atoms with van der Waals surface area (Å²) in [5, 5.41) is 19.3. The Morgan fingerprint density at radius 2 is 1.78 bits per heavy atom. The van der Waals surface area contributed by atoms with Crippen LogP contribution in [0.2, 0.25) is 0 Å². The summed E-state index contributed by atoms with van der Waals surface area (Å²) in [6, 6.07) is 13.9. The number of nitrogens with zero attached hydrogens (tertiary/aromatic N) is 1. The highest BCUT2D eigenvalue weighted by Crippen LogP contribution is 2.27. The second kappa shape index (κ2) is 8.08. The van der Waals surface area contributed by atoms with Crippen molar-refractivity contribution in [2.24, 2.45) is 0 Å². The summed E-state index contributed by atoms with van der Waals surface area (Å²) in [5.74, 6) is -0.847. The molecule has 0 radical (unpaired) electrons. The van der Waals surface area contributed by atoms with E-state index in [2.05, 4.69) is 0 Å². The van der Waals surface area contributed by atoms with Crippen molar-refractivity contribution < 1.29 is 28.2 Å². The molecule has 1 heterocycles. The van der Waals surface area contributed by atoms with E-state index in [1.165, 1.54) is 24.3 Å². The third-order valence-corrected chi connectivity index (χ3v) is 6.38. The molecule has 0 aliphatic carbocycles. The molecule has 0 spiro atoms. The number of aliphatic hydroxyl groups is 1. The molecule has 0 amide bonds. The highest BCUT2D eigenvalue weighted by molar-refractivity contribution is 7.89. The molecular formula is C19H21NO6S. The second-order valence-electron chi connectivity index (χ2n) is 6.35. The van der Waals surface area contributed by atoms with Crippen molar-refractivity contribution in [3.8, 4) is 5.75 Å². The molecule has 1 fully saturated rings. The van der Waals surface area contributed by atoms with Gasteiger partial charge in [-0.1, -0.05) is 30.3 Å². The maximum Gasteiger partial charge on any atom is 0.324 e. The summed E-state index contributed by atoms with van der Waals surface area (Å²) in [6.45, 7) is 0.412. The Kier molecular flexibility index (Phi) is 5.79. The average molecular weight is 391 g/mol. The van der Waals surface area contributed by atoms with Crippen LogP contribution in [0.4, 0.5) is 0 Å². The van der Waals surface area contributed by atoms with E-state index >= 15 is 0 Å². The molecule has 27 heavy (non-hydrogen) atoms. The van der Waals surface area contributed by atoms with Crippen molar-refractivity contribution in [1.82, 2.24) is 4.31 Å². The summed E-state index contributed by atoms with van der Waals surface area (Å²) < 4.78 is 32.2. The minimum atomic E-state index is -4.04. The molecule has 0 unspecified atom stereocenters. The zero-order valence-electron chi connectivity index (χ0n) is 14.6. The minimum absolute atomic E-state index is 0.0325. The number of ether oxygens (including phenoxy) is 1. The van der Waals surface area contributed by atoms with Crippen LogP contribution in [0, 0.1) is 0 Å². The van der Waals surface area contributed by atoms with E-state index < -0.39 is 28.1 Å². The number of rotatable bonds is 6. The number of carboxylic acids is 1. The van der Waals surface area contributed by atoms with Crippen LogP contribution in [-0.2, 0) is 21.4 Å². The van der Waals surface area contributed by atoms with E-state index in [9.17, 15) is 23.4 Å². The average Bonchev–Trinajstić information content (AvgIpc) is 2.67. The largest absolute Gasteiger partial charge is 0.489 e. The molecular weight excluding hydrogens is 370 g/mol. The first-order valence-electron chi connectivity index (χ1n) is 8.59. The van der Waals surface area contributed by atoms with Gasteiger partial charge in [-0.15, -0.1) is 0 Å². The highest BCUT2D eigenvalue weighted by Gasteiger charge is 2.42. The first kappa shape index (κ1) is 19.3. The lowest BCUT2D eigenvalue weighted by molar-refractivity contribution is -0.146. The Bertz CT molecular complexity index is 882. The predicted molar refractivity (Wildman–Crippen MR) is 97.8 cm³/mol. The van der Waals surface area contributed by atoms with Crippen molar-refractivity contribution in [2.75, 3.05) is 6.54 Å². The quantitative estimate of drug-likeness (QED) is 0.779. The van der Waals surface area contributed by atoms with Crippen molar-refractivity contribution in [3.05, 3.63) is 60.2 Å². The maximum atomic E-state index is 12.8. The van der Waals surface area contributed by atoms with Crippen LogP contribution >= 0.6 is 0 Å². The van der Waals surface area contributed by atoms with Crippen LogP contribution in [-0.4, -0.2) is 47.6 Å². The lowest BCUT2D eigenvalue weighted by atomic mass is 10.0. The van der Waals surface area contributed by atoms with Crippen molar-refractivity contribution in [1.29, 1.82) is 0 Å². The van der Waals surface area contributed by atoms with Crippen molar-refractivity contribution in [3.63, 3.8) is 0 Å². The number of hydrogen-bond donors (Lipinski definition) is 2. The van der Waals surface area contributed by atoms with Gasteiger partial charge in [0.2, 0.25) is 10.0 Å². The Hall–Kier alpha value is -2.42. The van der Waals surface area contributed by atoms with Gasteiger partial charge in [-0.05, 0) is 42.7 Å². The van der Waals surface area contributed by atoms with Crippen LogP contribution in [0.25, 0.3) is 0 Å². The topological polar surface area (TPSA) is 104 Å². The number of piperidine rings is 1. The van der Waals surface area contributed by atoms with E-state index in [4.69, 9.17) is 4.74 Å². The summed E-state index contributed by atoms with van der Waals surface area (Å²) in [5.41, 5.74) is 0.987. The van der Waals surface area contributed by atoms with Crippen LogP contribution in [0.1, 0.15) is 18.4 Å². The molecule has 8 heteroatoms. The van der Waals surface area contributed by atoms with Gasteiger partial charge in [0.05, 0.1) is 11.0 Å². The normalized spacial score (nSPS) is 20.9. The molecule has 1 aliphatic rings. The predicted octanol–water partition coefficient (Wildman–Crippen LogP) is 1.86. The van der Waals surface area contributed by atoms with Gasteiger partial charge in [0.25, 0.3) is 0 Å². The van der Waals surface area contributed by atoms with E-state index in [0.717, 1.165) is 9.87 Å². The molecule has 1 aliphatic heterocycles. The van der Waals surface area contributed by atoms with Crippen LogP contribution < -0.4 is 4.74 Å². The van der Waals surface area contributed by atoms with Gasteiger partial charge in [-0.3, -0.25) is 4.79 Å². The smallest absolute Gasteiger partial charge is 0.324 e. The van der Waals surface area contributed by atoms with Gasteiger partial charge in [-0.2, -0.15) is 4.31 Å². The van der Waals surface area contributed by atoms with Crippen LogP contribution in [0.15, 0.2) is 59.5 Å². The molecule has 1 saturated heterocycles. The van der Waals surface area contributed by atoms with E-state index in [1.807, 2.05) is 30.3 Å². The zero-order valence-corrected chi connectivity index (χ0v) is 15.4. The second-order valence-corrected chi connectivity index (χ2v) is 8.24. The summed E-state index contributed by atoms with van der Waals surface area (Å²) >= 11 is 0. The van der Waals surface area contributed by atoms with E-state index in [1.54, 1.807) is 0 Å². The Morgan fingerprint density at radius 3 is 2.41 bits per heavy atom. The van der Waals surface area contributed by atoms with E-state index in [-0.39, 0.29) is 17.9 Å². The fourth-order valence-electron chi connectivity index (χ4n) is 3.09. The number of carboxylic acid groups (broad SMARTS) is 1. The molecule has 2 atom stereocenters. The fourth-order valence-corrected chi connectivity index (χ4v) is 4.74. The summed E-state index contributed by atoms with van der Waals surface area (Å²) in [4.78, 5) is 11.4.